The van der Waals surface area contributed by atoms with E-state index in [-0.39, 0.29) is 0 Å². The summed E-state index contributed by atoms with van der Waals surface area (Å²) in [6, 6.07) is 8.50. The molecular weight excluding hydrogens is 248 g/mol. The van der Waals surface area contributed by atoms with Crippen molar-refractivity contribution in [3.63, 3.8) is 0 Å². The summed E-state index contributed by atoms with van der Waals surface area (Å²) in [5, 5.41) is 9.32. The summed E-state index contributed by atoms with van der Waals surface area (Å²) in [6.45, 7) is 6.75. The van der Waals surface area contributed by atoms with Crippen molar-refractivity contribution >= 4 is 10.9 Å². The maximum atomic E-state index is 4.71. The molecule has 2 heterocycles. The molecular formula is C16H24N4. The third-order valence-corrected chi connectivity index (χ3v) is 4.45. The van der Waals surface area contributed by atoms with Crippen LogP contribution >= 0.6 is 0 Å². The Morgan fingerprint density at radius 3 is 2.95 bits per heavy atom. The lowest BCUT2D eigenvalue weighted by Crippen LogP contribution is -2.33. The first-order valence-corrected chi connectivity index (χ1v) is 7.39. The largest absolute Gasteiger partial charge is 0.319 e. The smallest absolute Gasteiger partial charge is 0.0843 e. The van der Waals surface area contributed by atoms with Gasteiger partial charge in [-0.1, -0.05) is 25.1 Å². The molecule has 4 heteroatoms. The fraction of sp³-hybridized carbons (Fsp3) is 0.562. The van der Waals surface area contributed by atoms with Gasteiger partial charge in [0.2, 0.25) is 0 Å². The highest BCUT2D eigenvalue weighted by atomic mass is 15.3. The van der Waals surface area contributed by atoms with Crippen LogP contribution in [-0.2, 0) is 13.6 Å². The average Bonchev–Trinajstić information content (AvgIpc) is 2.93. The topological polar surface area (TPSA) is 33.1 Å². The van der Waals surface area contributed by atoms with Crippen molar-refractivity contribution in [1.29, 1.82) is 0 Å². The maximum absolute atomic E-state index is 4.71. The van der Waals surface area contributed by atoms with E-state index in [4.69, 9.17) is 5.10 Å². The zero-order valence-electron chi connectivity index (χ0n) is 12.7. The number of aromatic nitrogens is 2. The number of likely N-dealkylation sites (tertiary alicyclic amines) is 1. The number of rotatable bonds is 4. The normalized spacial score (nSPS) is 23.8. The van der Waals surface area contributed by atoms with Crippen molar-refractivity contribution in [3.8, 4) is 0 Å². The molecule has 1 N–H and O–H groups in total. The quantitative estimate of drug-likeness (QED) is 0.924. The van der Waals surface area contributed by atoms with Gasteiger partial charge >= 0.3 is 0 Å². The molecule has 2 aromatic rings. The maximum Gasteiger partial charge on any atom is 0.0843 e. The minimum Gasteiger partial charge on any atom is -0.319 e. The van der Waals surface area contributed by atoms with Gasteiger partial charge in [0.15, 0.2) is 0 Å². The van der Waals surface area contributed by atoms with Gasteiger partial charge in [0.05, 0.1) is 11.2 Å². The Kier molecular flexibility index (Phi) is 3.52. The lowest BCUT2D eigenvalue weighted by atomic mass is 9.90. The zero-order chi connectivity index (χ0) is 14.2. The van der Waals surface area contributed by atoms with Crippen molar-refractivity contribution in [2.24, 2.45) is 12.5 Å². The second-order valence-corrected chi connectivity index (χ2v) is 6.39. The van der Waals surface area contributed by atoms with Crippen LogP contribution in [0.3, 0.4) is 0 Å². The van der Waals surface area contributed by atoms with E-state index in [0.29, 0.717) is 5.41 Å². The van der Waals surface area contributed by atoms with E-state index in [1.54, 1.807) is 0 Å². The van der Waals surface area contributed by atoms with Gasteiger partial charge in [-0.25, -0.2) is 0 Å². The fourth-order valence-electron chi connectivity index (χ4n) is 3.45. The van der Waals surface area contributed by atoms with Crippen LogP contribution in [-0.4, -0.2) is 41.4 Å². The summed E-state index contributed by atoms with van der Waals surface area (Å²) in [6.07, 6.45) is 1.26. The predicted molar refractivity (Wildman–Crippen MR) is 82.6 cm³/mol. The summed E-state index contributed by atoms with van der Waals surface area (Å²) in [5.74, 6) is 0. The molecule has 4 nitrogen and oxygen atoms in total. The van der Waals surface area contributed by atoms with Gasteiger partial charge in [0, 0.05) is 32.1 Å². The SMILES string of the molecule is CNCC1(C)CCN(Cc2nn(C)c3ccccc23)C1. The number of hydrogen-bond acceptors (Lipinski definition) is 3. The van der Waals surface area contributed by atoms with E-state index in [1.165, 1.54) is 29.6 Å². The van der Waals surface area contributed by atoms with Crippen molar-refractivity contribution in [1.82, 2.24) is 20.0 Å². The van der Waals surface area contributed by atoms with Crippen LogP contribution in [0.4, 0.5) is 0 Å². The Balaban J connectivity index is 1.78. The number of aryl methyl sites for hydroxylation is 1. The van der Waals surface area contributed by atoms with Crippen LogP contribution in [0, 0.1) is 5.41 Å². The molecule has 0 amide bonds. The van der Waals surface area contributed by atoms with Crippen molar-refractivity contribution in [2.75, 3.05) is 26.7 Å². The highest BCUT2D eigenvalue weighted by Crippen LogP contribution is 2.30. The lowest BCUT2D eigenvalue weighted by molar-refractivity contribution is 0.263. The number of nitrogens with zero attached hydrogens (tertiary/aromatic N) is 3. The van der Waals surface area contributed by atoms with E-state index in [9.17, 15) is 0 Å². The summed E-state index contributed by atoms with van der Waals surface area (Å²) in [4.78, 5) is 2.53. The Hall–Kier alpha value is -1.39. The average molecular weight is 272 g/mol. The minimum atomic E-state index is 0.402. The fourth-order valence-corrected chi connectivity index (χ4v) is 3.45. The first-order chi connectivity index (χ1) is 9.61. The molecule has 0 saturated carbocycles. The molecule has 1 aromatic heterocycles. The molecule has 1 saturated heterocycles. The molecule has 1 aromatic carbocycles. The second kappa shape index (κ2) is 5.19. The number of para-hydroxylation sites is 1. The molecule has 0 aliphatic carbocycles. The molecule has 0 spiro atoms. The lowest BCUT2D eigenvalue weighted by Gasteiger charge is -2.24. The van der Waals surface area contributed by atoms with Gasteiger partial charge in [0.25, 0.3) is 0 Å². The van der Waals surface area contributed by atoms with Crippen LogP contribution in [0.15, 0.2) is 24.3 Å². The summed E-state index contributed by atoms with van der Waals surface area (Å²) in [7, 11) is 4.07. The summed E-state index contributed by atoms with van der Waals surface area (Å²) < 4.78 is 1.99. The van der Waals surface area contributed by atoms with Gasteiger partial charge in [-0.15, -0.1) is 0 Å². The third kappa shape index (κ3) is 2.45. The van der Waals surface area contributed by atoms with E-state index < -0.39 is 0 Å². The molecule has 20 heavy (non-hydrogen) atoms. The van der Waals surface area contributed by atoms with E-state index in [2.05, 4.69) is 41.4 Å². The monoisotopic (exact) mass is 272 g/mol. The Morgan fingerprint density at radius 2 is 2.15 bits per heavy atom. The van der Waals surface area contributed by atoms with Crippen LogP contribution in [0.25, 0.3) is 10.9 Å². The first kappa shape index (κ1) is 13.6. The molecule has 1 aliphatic heterocycles. The van der Waals surface area contributed by atoms with Crippen molar-refractivity contribution in [2.45, 2.75) is 19.9 Å². The molecule has 3 rings (SSSR count). The molecule has 1 fully saturated rings. The standard InChI is InChI=1S/C16H24N4/c1-16(11-17-2)8-9-20(12-16)10-14-13-6-4-5-7-15(13)19(3)18-14/h4-7,17H,8-12H2,1-3H3. The molecule has 1 unspecified atom stereocenters. The second-order valence-electron chi connectivity index (χ2n) is 6.39. The summed E-state index contributed by atoms with van der Waals surface area (Å²) >= 11 is 0. The van der Waals surface area contributed by atoms with Gasteiger partial charge in [-0.05, 0) is 31.5 Å². The number of benzene rings is 1. The van der Waals surface area contributed by atoms with Crippen LogP contribution < -0.4 is 5.32 Å². The van der Waals surface area contributed by atoms with Gasteiger partial charge in [-0.2, -0.15) is 5.10 Å². The highest BCUT2D eigenvalue weighted by Gasteiger charge is 2.33. The molecule has 0 radical (unpaired) electrons. The predicted octanol–water partition coefficient (Wildman–Crippen LogP) is 2.00. The Bertz CT molecular complexity index is 604. The number of hydrogen-bond donors (Lipinski definition) is 1. The van der Waals surface area contributed by atoms with Crippen LogP contribution in [0.1, 0.15) is 19.0 Å². The van der Waals surface area contributed by atoms with E-state index >= 15 is 0 Å². The minimum absolute atomic E-state index is 0.402. The van der Waals surface area contributed by atoms with Crippen LogP contribution in [0.2, 0.25) is 0 Å². The van der Waals surface area contributed by atoms with Crippen molar-refractivity contribution < 1.29 is 0 Å². The third-order valence-electron chi connectivity index (χ3n) is 4.45. The molecule has 0 bridgehead atoms. The molecule has 1 aliphatic rings. The van der Waals surface area contributed by atoms with Gasteiger partial charge < -0.3 is 5.32 Å². The zero-order valence-corrected chi connectivity index (χ0v) is 12.7. The summed E-state index contributed by atoms with van der Waals surface area (Å²) in [5.41, 5.74) is 2.83. The van der Waals surface area contributed by atoms with Crippen molar-refractivity contribution in [3.05, 3.63) is 30.0 Å². The Morgan fingerprint density at radius 1 is 1.35 bits per heavy atom. The number of fused-ring (bicyclic) bond motifs is 1. The Labute approximate surface area is 120 Å². The van der Waals surface area contributed by atoms with Crippen LogP contribution in [0.5, 0.6) is 0 Å². The van der Waals surface area contributed by atoms with Gasteiger partial charge in [0.1, 0.15) is 0 Å². The van der Waals surface area contributed by atoms with E-state index in [1.807, 2.05) is 18.8 Å². The molecule has 1 atom stereocenters. The number of nitrogens with one attached hydrogen (secondary N) is 1. The highest BCUT2D eigenvalue weighted by molar-refractivity contribution is 5.81. The van der Waals surface area contributed by atoms with E-state index in [0.717, 1.165) is 19.6 Å². The first-order valence-electron chi connectivity index (χ1n) is 7.39. The van der Waals surface area contributed by atoms with Gasteiger partial charge in [-0.3, -0.25) is 9.58 Å². The molecule has 108 valence electrons.